The van der Waals surface area contributed by atoms with Gasteiger partial charge in [0.05, 0.1) is 5.92 Å². The van der Waals surface area contributed by atoms with Gasteiger partial charge in [-0.25, -0.2) is 4.79 Å². The van der Waals surface area contributed by atoms with Crippen molar-refractivity contribution >= 4 is 11.9 Å². The number of rotatable bonds is 1. The van der Waals surface area contributed by atoms with Gasteiger partial charge in [-0.15, -0.1) is 0 Å². The molecule has 1 N–H and O–H groups in total. The van der Waals surface area contributed by atoms with Crippen LogP contribution in [0.3, 0.4) is 0 Å². The zero-order valence-electron chi connectivity index (χ0n) is 7.14. The molecule has 3 aliphatic rings. The first-order chi connectivity index (χ1) is 6.20. The first-order valence-corrected chi connectivity index (χ1v) is 4.75. The van der Waals surface area contributed by atoms with Crippen LogP contribution in [0.2, 0.25) is 0 Å². The number of aliphatic carboxylic acids is 1. The minimum absolute atomic E-state index is 0.0809. The number of nitrogens with zero attached hydrogens (tertiary/aromatic N) is 1. The van der Waals surface area contributed by atoms with Gasteiger partial charge < -0.3 is 10.0 Å². The van der Waals surface area contributed by atoms with E-state index in [9.17, 15) is 9.59 Å². The van der Waals surface area contributed by atoms with Gasteiger partial charge in [-0.05, 0) is 25.2 Å². The highest BCUT2D eigenvalue weighted by atomic mass is 16.4. The number of carbonyl (C=O) groups is 2. The van der Waals surface area contributed by atoms with Gasteiger partial charge >= 0.3 is 5.97 Å². The first-order valence-electron chi connectivity index (χ1n) is 4.75. The van der Waals surface area contributed by atoms with Crippen molar-refractivity contribution in [2.45, 2.75) is 31.3 Å². The molecular weight excluding hydrogens is 170 g/mol. The molecule has 0 aromatic heterocycles. The van der Waals surface area contributed by atoms with Crippen LogP contribution in [-0.2, 0) is 9.59 Å². The molecule has 1 amide bonds. The Morgan fingerprint density at radius 3 is 2.92 bits per heavy atom. The first kappa shape index (κ1) is 7.35. The van der Waals surface area contributed by atoms with E-state index in [4.69, 9.17) is 5.11 Å². The van der Waals surface area contributed by atoms with E-state index in [-0.39, 0.29) is 17.9 Å². The van der Waals surface area contributed by atoms with Crippen LogP contribution >= 0.6 is 0 Å². The van der Waals surface area contributed by atoms with E-state index < -0.39 is 12.0 Å². The second-order valence-corrected chi connectivity index (χ2v) is 4.27. The van der Waals surface area contributed by atoms with Gasteiger partial charge in [0.25, 0.3) is 0 Å². The summed E-state index contributed by atoms with van der Waals surface area (Å²) in [5, 5.41) is 8.89. The molecule has 0 aromatic carbocycles. The van der Waals surface area contributed by atoms with Crippen molar-refractivity contribution < 1.29 is 14.7 Å². The van der Waals surface area contributed by atoms with Crippen LogP contribution in [0, 0.1) is 11.8 Å². The Morgan fingerprint density at radius 2 is 2.23 bits per heavy atom. The second-order valence-electron chi connectivity index (χ2n) is 4.27. The third-order valence-corrected chi connectivity index (χ3v) is 3.78. The van der Waals surface area contributed by atoms with Crippen molar-refractivity contribution in [1.82, 2.24) is 4.90 Å². The van der Waals surface area contributed by atoms with Crippen LogP contribution in [-0.4, -0.2) is 34.0 Å². The molecule has 4 heteroatoms. The Bertz CT molecular complexity index is 301. The van der Waals surface area contributed by atoms with Crippen molar-refractivity contribution in [2.24, 2.45) is 11.8 Å². The lowest BCUT2D eigenvalue weighted by Gasteiger charge is -2.42. The Kier molecular flexibility index (Phi) is 1.16. The zero-order chi connectivity index (χ0) is 9.16. The van der Waals surface area contributed by atoms with Gasteiger partial charge in [0.1, 0.15) is 6.04 Å². The van der Waals surface area contributed by atoms with E-state index in [0.717, 1.165) is 12.8 Å². The molecule has 4 unspecified atom stereocenters. The SMILES string of the molecule is O=C(O)C1CC2CCC3C(=O)N1C23. The van der Waals surface area contributed by atoms with Crippen molar-refractivity contribution in [3.05, 3.63) is 0 Å². The van der Waals surface area contributed by atoms with Gasteiger partial charge in [-0.2, -0.15) is 0 Å². The molecule has 4 nitrogen and oxygen atoms in total. The van der Waals surface area contributed by atoms with Crippen LogP contribution in [0.5, 0.6) is 0 Å². The number of hydrogen-bond donors (Lipinski definition) is 1. The number of β-lactam (4-membered cyclic amide) rings is 1. The summed E-state index contributed by atoms with van der Waals surface area (Å²) in [4.78, 5) is 23.9. The van der Waals surface area contributed by atoms with E-state index >= 15 is 0 Å². The van der Waals surface area contributed by atoms with Crippen LogP contribution in [0.4, 0.5) is 0 Å². The van der Waals surface area contributed by atoms with Crippen LogP contribution < -0.4 is 0 Å². The van der Waals surface area contributed by atoms with Crippen molar-refractivity contribution in [2.75, 3.05) is 0 Å². The molecule has 2 heterocycles. The summed E-state index contributed by atoms with van der Waals surface area (Å²) in [5.74, 6) is -0.100. The Morgan fingerprint density at radius 1 is 1.46 bits per heavy atom. The van der Waals surface area contributed by atoms with E-state index in [1.807, 2.05) is 0 Å². The largest absolute Gasteiger partial charge is 0.480 e. The van der Waals surface area contributed by atoms with Gasteiger partial charge in [-0.1, -0.05) is 0 Å². The molecule has 0 spiro atoms. The van der Waals surface area contributed by atoms with Gasteiger partial charge in [0, 0.05) is 6.04 Å². The fourth-order valence-electron chi connectivity index (χ4n) is 3.25. The standard InChI is InChI=1S/C9H11NO3/c11-8-5-2-1-4-3-6(9(12)13)10(8)7(4)5/h4-7H,1-3H2,(H,12,13). The molecule has 3 rings (SSSR count). The average Bonchev–Trinajstić information content (AvgIpc) is 2.52. The molecule has 0 aromatic rings. The maximum atomic E-state index is 11.5. The monoisotopic (exact) mass is 181 g/mol. The van der Waals surface area contributed by atoms with Crippen molar-refractivity contribution in [3.63, 3.8) is 0 Å². The Hall–Kier alpha value is -1.06. The quantitative estimate of drug-likeness (QED) is 0.583. The summed E-state index contributed by atoms with van der Waals surface area (Å²) in [7, 11) is 0. The van der Waals surface area contributed by atoms with E-state index in [2.05, 4.69) is 0 Å². The summed E-state index contributed by atoms with van der Waals surface area (Å²) in [6.45, 7) is 0. The fourth-order valence-corrected chi connectivity index (χ4v) is 3.25. The number of carbonyl (C=O) groups excluding carboxylic acids is 1. The molecule has 0 radical (unpaired) electrons. The van der Waals surface area contributed by atoms with Crippen molar-refractivity contribution in [1.29, 1.82) is 0 Å². The summed E-state index contributed by atoms with van der Waals surface area (Å²) < 4.78 is 0. The smallest absolute Gasteiger partial charge is 0.326 e. The number of hydrogen-bond acceptors (Lipinski definition) is 2. The molecule has 4 atom stereocenters. The van der Waals surface area contributed by atoms with E-state index in [0.29, 0.717) is 12.3 Å². The summed E-state index contributed by atoms with van der Waals surface area (Å²) >= 11 is 0. The maximum absolute atomic E-state index is 11.5. The molecule has 70 valence electrons. The highest BCUT2D eigenvalue weighted by molar-refractivity contribution is 5.92. The molecule has 3 fully saturated rings. The number of amides is 1. The normalized spacial score (nSPS) is 46.2. The molecule has 13 heavy (non-hydrogen) atoms. The molecular formula is C9H11NO3. The number of carboxylic acids is 1. The molecule has 1 saturated carbocycles. The predicted octanol–water partition coefficient (Wildman–Crippen LogP) is 0.0803. The number of carboxylic acid groups (broad SMARTS) is 1. The van der Waals surface area contributed by atoms with Crippen LogP contribution in [0.1, 0.15) is 19.3 Å². The minimum Gasteiger partial charge on any atom is -0.480 e. The molecule has 2 saturated heterocycles. The summed E-state index contributed by atoms with van der Waals surface area (Å²) in [6.07, 6.45) is 2.71. The third kappa shape index (κ3) is 0.677. The summed E-state index contributed by atoms with van der Waals surface area (Å²) in [6, 6.07) is -0.229. The highest BCUT2D eigenvalue weighted by Crippen LogP contribution is 2.52. The lowest BCUT2D eigenvalue weighted by atomic mass is 9.90. The zero-order valence-corrected chi connectivity index (χ0v) is 7.14. The minimum atomic E-state index is -0.832. The average molecular weight is 181 g/mol. The van der Waals surface area contributed by atoms with Crippen LogP contribution in [0.25, 0.3) is 0 Å². The van der Waals surface area contributed by atoms with Crippen molar-refractivity contribution in [3.8, 4) is 0 Å². The Labute approximate surface area is 75.5 Å². The molecule has 1 aliphatic carbocycles. The second kappa shape index (κ2) is 2.05. The third-order valence-electron chi connectivity index (χ3n) is 3.78. The van der Waals surface area contributed by atoms with Crippen LogP contribution in [0.15, 0.2) is 0 Å². The lowest BCUT2D eigenvalue weighted by molar-refractivity contribution is -0.163. The maximum Gasteiger partial charge on any atom is 0.326 e. The summed E-state index contributed by atoms with van der Waals surface area (Å²) in [5.41, 5.74) is 0. The lowest BCUT2D eigenvalue weighted by Crippen LogP contribution is -2.60. The van der Waals surface area contributed by atoms with Gasteiger partial charge in [0.15, 0.2) is 0 Å². The van der Waals surface area contributed by atoms with Gasteiger partial charge in [-0.3, -0.25) is 4.79 Å². The van der Waals surface area contributed by atoms with E-state index in [1.165, 1.54) is 0 Å². The molecule has 0 bridgehead atoms. The van der Waals surface area contributed by atoms with E-state index in [1.54, 1.807) is 4.90 Å². The van der Waals surface area contributed by atoms with Gasteiger partial charge in [0.2, 0.25) is 5.91 Å². The fraction of sp³-hybridized carbons (Fsp3) is 0.778. The topological polar surface area (TPSA) is 57.6 Å². The molecule has 2 aliphatic heterocycles. The Balaban J connectivity index is 1.93. The highest BCUT2D eigenvalue weighted by Gasteiger charge is 2.62. The predicted molar refractivity (Wildman–Crippen MR) is 42.9 cm³/mol.